The van der Waals surface area contributed by atoms with Gasteiger partial charge in [-0.1, -0.05) is 19.1 Å². The fourth-order valence-corrected chi connectivity index (χ4v) is 1.75. The summed E-state index contributed by atoms with van der Waals surface area (Å²) in [5, 5.41) is 0. The first-order valence-electron chi connectivity index (χ1n) is 3.92. The third-order valence-electron chi connectivity index (χ3n) is 2.42. The Kier molecular flexibility index (Phi) is 1.10. The van der Waals surface area contributed by atoms with Gasteiger partial charge in [0.25, 0.3) is 0 Å². The van der Waals surface area contributed by atoms with Gasteiger partial charge < -0.3 is 0 Å². The van der Waals surface area contributed by atoms with E-state index in [9.17, 15) is 0 Å². The van der Waals surface area contributed by atoms with Crippen molar-refractivity contribution in [3.63, 3.8) is 0 Å². The van der Waals surface area contributed by atoms with Crippen LogP contribution in [-0.2, 0) is 0 Å². The van der Waals surface area contributed by atoms with Crippen molar-refractivity contribution >= 4 is 0 Å². The second-order valence-corrected chi connectivity index (χ2v) is 3.08. The molecule has 0 amide bonds. The SMILES string of the molecule is CCC1=C2C=C(C)C(=C1)C2. The van der Waals surface area contributed by atoms with Crippen molar-refractivity contribution < 1.29 is 0 Å². The second kappa shape index (κ2) is 1.85. The van der Waals surface area contributed by atoms with Crippen LogP contribution in [0.2, 0.25) is 0 Å². The van der Waals surface area contributed by atoms with Gasteiger partial charge in [-0.15, -0.1) is 0 Å². The summed E-state index contributed by atoms with van der Waals surface area (Å²) in [5.74, 6) is 0. The van der Waals surface area contributed by atoms with E-state index < -0.39 is 0 Å². The number of rotatable bonds is 1. The molecule has 0 aromatic carbocycles. The molecule has 0 heterocycles. The minimum Gasteiger partial charge on any atom is -0.0613 e. The van der Waals surface area contributed by atoms with Gasteiger partial charge in [0, 0.05) is 0 Å². The number of fused-ring (bicyclic) bond motifs is 2. The van der Waals surface area contributed by atoms with Crippen molar-refractivity contribution in [1.82, 2.24) is 0 Å². The quantitative estimate of drug-likeness (QED) is 0.514. The van der Waals surface area contributed by atoms with Crippen molar-refractivity contribution in [2.75, 3.05) is 0 Å². The van der Waals surface area contributed by atoms with E-state index in [4.69, 9.17) is 0 Å². The van der Waals surface area contributed by atoms with Crippen LogP contribution in [-0.4, -0.2) is 0 Å². The molecule has 0 heteroatoms. The standard InChI is InChI=1S/C10H12/c1-3-8-5-9-6-10(8)4-7(9)2/h4-5H,3,6H2,1-2H3. The van der Waals surface area contributed by atoms with E-state index in [1.54, 1.807) is 16.7 Å². The van der Waals surface area contributed by atoms with E-state index in [1.807, 2.05) is 0 Å². The van der Waals surface area contributed by atoms with Crippen LogP contribution in [0, 0.1) is 0 Å². The highest BCUT2D eigenvalue weighted by atomic mass is 14.2. The maximum Gasteiger partial charge on any atom is -0.00202 e. The smallest absolute Gasteiger partial charge is 0.00202 e. The molecule has 2 aliphatic rings. The average molecular weight is 132 g/mol. The van der Waals surface area contributed by atoms with Gasteiger partial charge in [0.2, 0.25) is 0 Å². The van der Waals surface area contributed by atoms with Gasteiger partial charge in [0.15, 0.2) is 0 Å². The molecule has 2 bridgehead atoms. The molecule has 0 saturated heterocycles. The molecule has 0 saturated carbocycles. The molecule has 10 heavy (non-hydrogen) atoms. The highest BCUT2D eigenvalue weighted by molar-refractivity contribution is 5.58. The van der Waals surface area contributed by atoms with Crippen LogP contribution in [0.1, 0.15) is 26.7 Å². The minimum atomic E-state index is 1.20. The summed E-state index contributed by atoms with van der Waals surface area (Å²) in [6, 6.07) is 0. The maximum absolute atomic E-state index is 2.35. The summed E-state index contributed by atoms with van der Waals surface area (Å²) in [7, 11) is 0. The lowest BCUT2D eigenvalue weighted by atomic mass is 10.1. The summed E-state index contributed by atoms with van der Waals surface area (Å²) in [4.78, 5) is 0. The lowest BCUT2D eigenvalue weighted by Crippen LogP contribution is -1.79. The molecule has 2 aliphatic carbocycles. The molecule has 0 spiro atoms. The fraction of sp³-hybridized carbons (Fsp3) is 0.400. The van der Waals surface area contributed by atoms with Crippen LogP contribution in [0.3, 0.4) is 0 Å². The van der Waals surface area contributed by atoms with Crippen molar-refractivity contribution in [2.24, 2.45) is 0 Å². The summed E-state index contributed by atoms with van der Waals surface area (Å²) >= 11 is 0. The predicted octanol–water partition coefficient (Wildman–Crippen LogP) is 2.98. The maximum atomic E-state index is 2.35. The number of allylic oxidation sites excluding steroid dienone is 6. The summed E-state index contributed by atoms with van der Waals surface area (Å²) in [5.41, 5.74) is 6.15. The van der Waals surface area contributed by atoms with Gasteiger partial charge in [0.05, 0.1) is 0 Å². The Hall–Kier alpha value is -0.780. The van der Waals surface area contributed by atoms with E-state index in [0.717, 1.165) is 0 Å². The molecule has 52 valence electrons. The Bertz CT molecular complexity index is 262. The third kappa shape index (κ3) is 0.620. The van der Waals surface area contributed by atoms with E-state index in [-0.39, 0.29) is 0 Å². The monoisotopic (exact) mass is 132 g/mol. The molecule has 0 fully saturated rings. The second-order valence-electron chi connectivity index (χ2n) is 3.08. The van der Waals surface area contributed by atoms with Crippen LogP contribution >= 0.6 is 0 Å². The van der Waals surface area contributed by atoms with Crippen LogP contribution in [0.5, 0.6) is 0 Å². The Labute approximate surface area is 61.9 Å². The molecule has 2 rings (SSSR count). The van der Waals surface area contributed by atoms with E-state index in [2.05, 4.69) is 26.0 Å². The first kappa shape index (κ1) is 5.96. The normalized spacial score (nSPS) is 21.8. The Morgan fingerprint density at radius 3 is 2.60 bits per heavy atom. The van der Waals surface area contributed by atoms with Crippen molar-refractivity contribution in [3.05, 3.63) is 34.4 Å². The lowest BCUT2D eigenvalue weighted by molar-refractivity contribution is 1.13. The van der Waals surface area contributed by atoms with Crippen molar-refractivity contribution in [2.45, 2.75) is 26.7 Å². The van der Waals surface area contributed by atoms with Gasteiger partial charge in [-0.25, -0.2) is 0 Å². The van der Waals surface area contributed by atoms with Crippen molar-refractivity contribution in [3.8, 4) is 0 Å². The Morgan fingerprint density at radius 1 is 1.40 bits per heavy atom. The van der Waals surface area contributed by atoms with E-state index in [1.165, 1.54) is 18.4 Å². The molecule has 0 aromatic heterocycles. The molecule has 0 nitrogen and oxygen atoms in total. The zero-order valence-corrected chi connectivity index (χ0v) is 6.57. The number of hydrogen-bond donors (Lipinski definition) is 0. The summed E-state index contributed by atoms with van der Waals surface area (Å²) in [6.07, 6.45) is 7.09. The highest BCUT2D eigenvalue weighted by Crippen LogP contribution is 2.38. The van der Waals surface area contributed by atoms with Gasteiger partial charge >= 0.3 is 0 Å². The van der Waals surface area contributed by atoms with Gasteiger partial charge in [0.1, 0.15) is 0 Å². The van der Waals surface area contributed by atoms with Gasteiger partial charge in [-0.3, -0.25) is 0 Å². The van der Waals surface area contributed by atoms with Crippen molar-refractivity contribution in [1.29, 1.82) is 0 Å². The molecule has 0 aliphatic heterocycles. The summed E-state index contributed by atoms with van der Waals surface area (Å²) in [6.45, 7) is 4.43. The van der Waals surface area contributed by atoms with Crippen LogP contribution in [0.25, 0.3) is 0 Å². The minimum absolute atomic E-state index is 1.20. The highest BCUT2D eigenvalue weighted by Gasteiger charge is 2.19. The predicted molar refractivity (Wildman–Crippen MR) is 43.8 cm³/mol. The topological polar surface area (TPSA) is 0 Å². The molecule has 0 unspecified atom stereocenters. The first-order chi connectivity index (χ1) is 4.81. The van der Waals surface area contributed by atoms with Gasteiger partial charge in [-0.2, -0.15) is 0 Å². The zero-order valence-electron chi connectivity index (χ0n) is 6.57. The first-order valence-corrected chi connectivity index (χ1v) is 3.92. The van der Waals surface area contributed by atoms with Gasteiger partial charge in [-0.05, 0) is 42.1 Å². The average Bonchev–Trinajstić information content (AvgIpc) is 2.44. The molecular formula is C10H12. The van der Waals surface area contributed by atoms with Crippen LogP contribution in [0.4, 0.5) is 0 Å². The number of hydrogen-bond acceptors (Lipinski definition) is 0. The zero-order chi connectivity index (χ0) is 7.14. The van der Waals surface area contributed by atoms with Crippen LogP contribution in [0.15, 0.2) is 34.4 Å². The van der Waals surface area contributed by atoms with E-state index >= 15 is 0 Å². The molecule has 0 aromatic rings. The Balaban J connectivity index is 2.45. The Morgan fingerprint density at radius 2 is 2.20 bits per heavy atom. The fourth-order valence-electron chi connectivity index (χ4n) is 1.75. The third-order valence-corrected chi connectivity index (χ3v) is 2.42. The molecule has 0 radical (unpaired) electrons. The molecule has 0 N–H and O–H groups in total. The molecule has 0 atom stereocenters. The van der Waals surface area contributed by atoms with Crippen LogP contribution < -0.4 is 0 Å². The lowest BCUT2D eigenvalue weighted by Gasteiger charge is -1.99. The summed E-state index contributed by atoms with van der Waals surface area (Å²) < 4.78 is 0. The largest absolute Gasteiger partial charge is 0.0613 e. The van der Waals surface area contributed by atoms with E-state index in [0.29, 0.717) is 0 Å². The molecular weight excluding hydrogens is 120 g/mol.